The van der Waals surface area contributed by atoms with Crippen LogP contribution in [0.3, 0.4) is 0 Å². The Labute approximate surface area is 76.3 Å². The smallest absolute Gasteiger partial charge is 0.156 e. The van der Waals surface area contributed by atoms with E-state index in [0.29, 0.717) is 0 Å². The van der Waals surface area contributed by atoms with Gasteiger partial charge >= 0.3 is 0 Å². The highest BCUT2D eigenvalue weighted by Crippen LogP contribution is 2.03. The summed E-state index contributed by atoms with van der Waals surface area (Å²) in [7, 11) is 0. The first-order chi connectivity index (χ1) is 6.25. The lowest BCUT2D eigenvalue weighted by molar-refractivity contribution is 0.828. The van der Waals surface area contributed by atoms with Crippen LogP contribution in [-0.2, 0) is 0 Å². The standard InChI is InChI=1S/C9H10N4/c1-7-5-11-13(6-7)9-3-4-10-8(2)12-9/h3-6H,1-2H3. The van der Waals surface area contributed by atoms with Gasteiger partial charge in [0, 0.05) is 18.5 Å². The van der Waals surface area contributed by atoms with E-state index in [0.717, 1.165) is 17.2 Å². The molecule has 66 valence electrons. The van der Waals surface area contributed by atoms with Crippen LogP contribution in [0.15, 0.2) is 24.7 Å². The van der Waals surface area contributed by atoms with Gasteiger partial charge in [-0.2, -0.15) is 5.10 Å². The molecule has 0 bridgehead atoms. The third-order valence-electron chi connectivity index (χ3n) is 1.71. The maximum atomic E-state index is 4.25. The van der Waals surface area contributed by atoms with Gasteiger partial charge in [-0.25, -0.2) is 14.6 Å². The zero-order valence-corrected chi connectivity index (χ0v) is 7.60. The van der Waals surface area contributed by atoms with Crippen LogP contribution in [0.4, 0.5) is 0 Å². The van der Waals surface area contributed by atoms with Gasteiger partial charge in [-0.1, -0.05) is 0 Å². The molecule has 0 aliphatic carbocycles. The van der Waals surface area contributed by atoms with E-state index >= 15 is 0 Å². The van der Waals surface area contributed by atoms with Crippen LogP contribution in [0.1, 0.15) is 11.4 Å². The third kappa shape index (κ3) is 1.56. The topological polar surface area (TPSA) is 43.6 Å². The Kier molecular flexibility index (Phi) is 1.81. The van der Waals surface area contributed by atoms with Gasteiger partial charge < -0.3 is 0 Å². The van der Waals surface area contributed by atoms with Gasteiger partial charge in [0.25, 0.3) is 0 Å². The van der Waals surface area contributed by atoms with Crippen LogP contribution in [0, 0.1) is 13.8 Å². The molecule has 0 fully saturated rings. The first-order valence-corrected chi connectivity index (χ1v) is 4.07. The number of aromatic nitrogens is 4. The van der Waals surface area contributed by atoms with E-state index in [9.17, 15) is 0 Å². The average Bonchev–Trinajstić information content (AvgIpc) is 2.52. The van der Waals surface area contributed by atoms with E-state index in [-0.39, 0.29) is 0 Å². The molecule has 0 aromatic carbocycles. The van der Waals surface area contributed by atoms with Gasteiger partial charge in [-0.15, -0.1) is 0 Å². The van der Waals surface area contributed by atoms with Crippen molar-refractivity contribution in [2.24, 2.45) is 0 Å². The fourth-order valence-electron chi connectivity index (χ4n) is 1.11. The Morgan fingerprint density at radius 2 is 2.15 bits per heavy atom. The van der Waals surface area contributed by atoms with E-state index in [1.54, 1.807) is 17.1 Å². The first kappa shape index (κ1) is 7.91. The number of hydrogen-bond acceptors (Lipinski definition) is 3. The fourth-order valence-corrected chi connectivity index (χ4v) is 1.11. The van der Waals surface area contributed by atoms with Gasteiger partial charge in [0.15, 0.2) is 5.82 Å². The predicted molar refractivity (Wildman–Crippen MR) is 48.6 cm³/mol. The van der Waals surface area contributed by atoms with E-state index in [2.05, 4.69) is 15.1 Å². The Bertz CT molecular complexity index is 419. The minimum Gasteiger partial charge on any atom is -0.242 e. The van der Waals surface area contributed by atoms with Crippen molar-refractivity contribution in [3.8, 4) is 5.82 Å². The Hall–Kier alpha value is -1.71. The van der Waals surface area contributed by atoms with E-state index in [1.165, 1.54) is 0 Å². The number of nitrogens with zero attached hydrogens (tertiary/aromatic N) is 4. The van der Waals surface area contributed by atoms with Crippen LogP contribution in [0.25, 0.3) is 5.82 Å². The molecule has 0 unspecified atom stereocenters. The van der Waals surface area contributed by atoms with Crippen LogP contribution >= 0.6 is 0 Å². The Morgan fingerprint density at radius 3 is 2.77 bits per heavy atom. The summed E-state index contributed by atoms with van der Waals surface area (Å²) in [6.07, 6.45) is 5.47. The molecule has 0 spiro atoms. The molecule has 2 rings (SSSR count). The van der Waals surface area contributed by atoms with E-state index in [1.807, 2.05) is 26.1 Å². The van der Waals surface area contributed by atoms with Crippen LogP contribution in [0.5, 0.6) is 0 Å². The maximum Gasteiger partial charge on any atom is 0.156 e. The summed E-state index contributed by atoms with van der Waals surface area (Å²) in [6, 6.07) is 1.83. The molecule has 0 saturated carbocycles. The molecule has 2 aromatic heterocycles. The summed E-state index contributed by atoms with van der Waals surface area (Å²) >= 11 is 0. The second-order valence-electron chi connectivity index (χ2n) is 2.92. The lowest BCUT2D eigenvalue weighted by atomic mass is 10.4. The fraction of sp³-hybridized carbons (Fsp3) is 0.222. The molecule has 0 atom stereocenters. The van der Waals surface area contributed by atoms with Crippen molar-refractivity contribution in [3.63, 3.8) is 0 Å². The largest absolute Gasteiger partial charge is 0.242 e. The van der Waals surface area contributed by atoms with Crippen LogP contribution < -0.4 is 0 Å². The highest BCUT2D eigenvalue weighted by atomic mass is 15.3. The highest BCUT2D eigenvalue weighted by Gasteiger charge is 1.98. The van der Waals surface area contributed by atoms with Gasteiger partial charge in [0.1, 0.15) is 5.82 Å². The molecule has 2 heterocycles. The van der Waals surface area contributed by atoms with Crippen molar-refractivity contribution in [1.29, 1.82) is 0 Å². The SMILES string of the molecule is Cc1cnn(-c2ccnc(C)n2)c1. The van der Waals surface area contributed by atoms with Crippen LogP contribution in [-0.4, -0.2) is 19.7 Å². The number of aryl methyl sites for hydroxylation is 2. The van der Waals surface area contributed by atoms with Crippen molar-refractivity contribution in [2.45, 2.75) is 13.8 Å². The predicted octanol–water partition coefficient (Wildman–Crippen LogP) is 1.28. The summed E-state index contributed by atoms with van der Waals surface area (Å²) in [4.78, 5) is 8.27. The van der Waals surface area contributed by atoms with Crippen LogP contribution in [0.2, 0.25) is 0 Å². The Morgan fingerprint density at radius 1 is 1.31 bits per heavy atom. The quantitative estimate of drug-likeness (QED) is 0.654. The highest BCUT2D eigenvalue weighted by molar-refractivity contribution is 5.20. The van der Waals surface area contributed by atoms with Crippen molar-refractivity contribution < 1.29 is 0 Å². The summed E-state index contributed by atoms with van der Waals surface area (Å²) < 4.78 is 1.74. The second-order valence-corrected chi connectivity index (χ2v) is 2.92. The van der Waals surface area contributed by atoms with Crippen molar-refractivity contribution in [1.82, 2.24) is 19.7 Å². The second kappa shape index (κ2) is 2.97. The van der Waals surface area contributed by atoms with Gasteiger partial charge in [-0.3, -0.25) is 0 Å². The lowest BCUT2D eigenvalue weighted by Gasteiger charge is -1.99. The van der Waals surface area contributed by atoms with Gasteiger partial charge in [0.05, 0.1) is 6.20 Å². The molecule has 0 radical (unpaired) electrons. The molecule has 4 nitrogen and oxygen atoms in total. The summed E-state index contributed by atoms with van der Waals surface area (Å²) in [5.74, 6) is 1.56. The monoisotopic (exact) mass is 174 g/mol. The van der Waals surface area contributed by atoms with Crippen molar-refractivity contribution in [2.75, 3.05) is 0 Å². The van der Waals surface area contributed by atoms with Crippen molar-refractivity contribution >= 4 is 0 Å². The summed E-state index contributed by atoms with van der Waals surface area (Å²) in [6.45, 7) is 3.86. The van der Waals surface area contributed by atoms with Crippen molar-refractivity contribution in [3.05, 3.63) is 36.0 Å². The minimum absolute atomic E-state index is 0.755. The zero-order chi connectivity index (χ0) is 9.26. The molecule has 0 amide bonds. The average molecular weight is 174 g/mol. The van der Waals surface area contributed by atoms with E-state index in [4.69, 9.17) is 0 Å². The maximum absolute atomic E-state index is 4.25. The first-order valence-electron chi connectivity index (χ1n) is 4.07. The molecular formula is C9H10N4. The minimum atomic E-state index is 0.755. The molecule has 0 N–H and O–H groups in total. The molecular weight excluding hydrogens is 164 g/mol. The summed E-state index contributed by atoms with van der Waals surface area (Å²) in [5.41, 5.74) is 1.12. The Balaban J connectivity index is 2.46. The molecule has 2 aromatic rings. The number of rotatable bonds is 1. The summed E-state index contributed by atoms with van der Waals surface area (Å²) in [5, 5.41) is 4.15. The molecule has 0 aliphatic rings. The van der Waals surface area contributed by atoms with E-state index < -0.39 is 0 Å². The van der Waals surface area contributed by atoms with Gasteiger partial charge in [-0.05, 0) is 19.4 Å². The molecule has 0 aliphatic heterocycles. The third-order valence-corrected chi connectivity index (χ3v) is 1.71. The zero-order valence-electron chi connectivity index (χ0n) is 7.60. The normalized spacial score (nSPS) is 10.3. The number of hydrogen-bond donors (Lipinski definition) is 0. The molecule has 0 saturated heterocycles. The van der Waals surface area contributed by atoms with Gasteiger partial charge in [0.2, 0.25) is 0 Å². The molecule has 4 heteroatoms. The molecule has 13 heavy (non-hydrogen) atoms. The lowest BCUT2D eigenvalue weighted by Crippen LogP contribution is -1.99.